The lowest BCUT2D eigenvalue weighted by Gasteiger charge is -2.39. The zero-order valence-electron chi connectivity index (χ0n) is 12.3. The monoisotopic (exact) mass is 288 g/mol. The third-order valence-corrected chi connectivity index (χ3v) is 6.35. The molecule has 0 aliphatic carbocycles. The zero-order chi connectivity index (χ0) is 13.9. The zero-order valence-corrected chi connectivity index (χ0v) is 13.1. The fraction of sp³-hybridized carbons (Fsp3) is 1.00. The van der Waals surface area contributed by atoms with Crippen molar-refractivity contribution in [1.29, 1.82) is 0 Å². The number of piperidine rings is 1. The van der Waals surface area contributed by atoms with Gasteiger partial charge in [0.05, 0.1) is 5.75 Å². The molecule has 2 fully saturated rings. The van der Waals surface area contributed by atoms with Crippen LogP contribution in [0.3, 0.4) is 0 Å². The van der Waals surface area contributed by atoms with Crippen molar-refractivity contribution in [2.75, 3.05) is 24.6 Å². The lowest BCUT2D eigenvalue weighted by atomic mass is 9.97. The van der Waals surface area contributed by atoms with E-state index < -0.39 is 9.84 Å². The first-order valence-electron chi connectivity index (χ1n) is 7.75. The quantitative estimate of drug-likeness (QED) is 0.770. The summed E-state index contributed by atoms with van der Waals surface area (Å²) in [5, 5.41) is 3.63. The van der Waals surface area contributed by atoms with Crippen molar-refractivity contribution in [3.8, 4) is 0 Å². The van der Waals surface area contributed by atoms with Gasteiger partial charge in [0.25, 0.3) is 0 Å². The molecule has 0 spiro atoms. The van der Waals surface area contributed by atoms with Gasteiger partial charge in [0.1, 0.15) is 0 Å². The second-order valence-electron chi connectivity index (χ2n) is 5.98. The van der Waals surface area contributed by atoms with Crippen LogP contribution in [-0.2, 0) is 9.84 Å². The van der Waals surface area contributed by atoms with Crippen molar-refractivity contribution >= 4 is 9.84 Å². The smallest absolute Gasteiger partial charge is 0.151 e. The molecule has 0 amide bonds. The average Bonchev–Trinajstić information content (AvgIpc) is 2.64. The minimum absolute atomic E-state index is 0.275. The molecule has 0 aromatic carbocycles. The van der Waals surface area contributed by atoms with Gasteiger partial charge in [0.15, 0.2) is 9.84 Å². The maximum absolute atomic E-state index is 11.6. The Kier molecular flexibility index (Phi) is 5.26. The standard InChI is InChI=1S/C14H28N2O2S/c1-3-7-15-12-10-13-5-6-14(11-12)16(13)8-9-19(17,18)4-2/h12-15H,3-11H2,1-2H3. The number of hydrogen-bond donors (Lipinski definition) is 1. The maximum Gasteiger partial charge on any atom is 0.151 e. The second-order valence-corrected chi connectivity index (χ2v) is 8.45. The highest BCUT2D eigenvalue weighted by Gasteiger charge is 2.40. The largest absolute Gasteiger partial charge is 0.314 e. The van der Waals surface area contributed by atoms with Crippen molar-refractivity contribution < 1.29 is 8.42 Å². The van der Waals surface area contributed by atoms with Gasteiger partial charge in [-0.05, 0) is 38.6 Å². The summed E-state index contributed by atoms with van der Waals surface area (Å²) in [6.07, 6.45) is 6.08. The van der Waals surface area contributed by atoms with E-state index in [0.717, 1.165) is 13.1 Å². The third-order valence-electron chi connectivity index (χ3n) is 4.67. The van der Waals surface area contributed by atoms with E-state index in [4.69, 9.17) is 0 Å². The van der Waals surface area contributed by atoms with Crippen molar-refractivity contribution in [1.82, 2.24) is 10.2 Å². The van der Waals surface area contributed by atoms with Gasteiger partial charge in [0, 0.05) is 30.4 Å². The van der Waals surface area contributed by atoms with E-state index in [2.05, 4.69) is 17.1 Å². The number of rotatable bonds is 7. The van der Waals surface area contributed by atoms with E-state index in [0.29, 0.717) is 23.9 Å². The number of nitrogens with zero attached hydrogens (tertiary/aromatic N) is 1. The highest BCUT2D eigenvalue weighted by molar-refractivity contribution is 7.91. The van der Waals surface area contributed by atoms with Crippen LogP contribution in [0.1, 0.15) is 46.0 Å². The summed E-state index contributed by atoms with van der Waals surface area (Å²) in [5.74, 6) is 0.612. The summed E-state index contributed by atoms with van der Waals surface area (Å²) in [7, 11) is -2.82. The van der Waals surface area contributed by atoms with Gasteiger partial charge >= 0.3 is 0 Å². The van der Waals surface area contributed by atoms with Crippen LogP contribution in [-0.4, -0.2) is 56.0 Å². The van der Waals surface area contributed by atoms with Gasteiger partial charge in [-0.25, -0.2) is 8.42 Å². The SMILES string of the molecule is CCCNC1CC2CCC(C1)N2CCS(=O)(=O)CC. The highest BCUT2D eigenvalue weighted by Crippen LogP contribution is 2.35. The first-order valence-corrected chi connectivity index (χ1v) is 9.57. The third kappa shape index (κ3) is 3.92. The van der Waals surface area contributed by atoms with Crippen LogP contribution in [0.25, 0.3) is 0 Å². The van der Waals surface area contributed by atoms with Crippen LogP contribution in [0.15, 0.2) is 0 Å². The Hall–Kier alpha value is -0.130. The van der Waals surface area contributed by atoms with E-state index in [1.54, 1.807) is 6.92 Å². The number of sulfone groups is 1. The number of nitrogens with one attached hydrogen (secondary N) is 1. The van der Waals surface area contributed by atoms with Crippen LogP contribution >= 0.6 is 0 Å². The van der Waals surface area contributed by atoms with Crippen LogP contribution < -0.4 is 5.32 Å². The fourth-order valence-electron chi connectivity index (χ4n) is 3.54. The lowest BCUT2D eigenvalue weighted by Crippen LogP contribution is -2.50. The Bertz CT molecular complexity index is 369. The molecule has 0 aromatic rings. The molecule has 0 radical (unpaired) electrons. The Morgan fingerprint density at radius 2 is 1.79 bits per heavy atom. The van der Waals surface area contributed by atoms with E-state index >= 15 is 0 Å². The summed E-state index contributed by atoms with van der Waals surface area (Å²) >= 11 is 0. The Morgan fingerprint density at radius 1 is 1.16 bits per heavy atom. The Labute approximate surface area is 117 Å². The molecule has 2 heterocycles. The van der Waals surface area contributed by atoms with Crippen molar-refractivity contribution in [3.05, 3.63) is 0 Å². The minimum atomic E-state index is -2.82. The van der Waals surface area contributed by atoms with Gasteiger partial charge in [-0.2, -0.15) is 0 Å². The van der Waals surface area contributed by atoms with Gasteiger partial charge in [0.2, 0.25) is 0 Å². The molecule has 0 saturated carbocycles. The molecule has 2 aliphatic heterocycles. The first-order chi connectivity index (χ1) is 9.05. The highest BCUT2D eigenvalue weighted by atomic mass is 32.2. The van der Waals surface area contributed by atoms with Crippen LogP contribution in [0.2, 0.25) is 0 Å². The predicted octanol–water partition coefficient (Wildman–Crippen LogP) is 1.42. The molecule has 2 bridgehead atoms. The summed E-state index contributed by atoms with van der Waals surface area (Å²) in [5.41, 5.74) is 0. The molecule has 112 valence electrons. The Morgan fingerprint density at radius 3 is 2.32 bits per heavy atom. The molecular formula is C14H28N2O2S. The summed E-state index contributed by atoms with van der Waals surface area (Å²) < 4.78 is 23.3. The summed E-state index contributed by atoms with van der Waals surface area (Å²) in [4.78, 5) is 2.47. The molecule has 19 heavy (non-hydrogen) atoms. The molecule has 4 nitrogen and oxygen atoms in total. The molecule has 2 atom stereocenters. The van der Waals surface area contributed by atoms with Gasteiger partial charge in [-0.1, -0.05) is 13.8 Å². The van der Waals surface area contributed by atoms with Gasteiger partial charge < -0.3 is 5.32 Å². The molecule has 5 heteroatoms. The Balaban J connectivity index is 1.85. The predicted molar refractivity (Wildman–Crippen MR) is 79.2 cm³/mol. The molecule has 2 rings (SSSR count). The molecule has 1 N–H and O–H groups in total. The molecule has 2 unspecified atom stereocenters. The van der Waals surface area contributed by atoms with E-state index in [1.807, 2.05) is 0 Å². The number of hydrogen-bond acceptors (Lipinski definition) is 4. The van der Waals surface area contributed by atoms with E-state index in [9.17, 15) is 8.42 Å². The topological polar surface area (TPSA) is 49.4 Å². The lowest BCUT2D eigenvalue weighted by molar-refractivity contribution is 0.124. The van der Waals surface area contributed by atoms with Crippen molar-refractivity contribution in [2.45, 2.75) is 64.1 Å². The van der Waals surface area contributed by atoms with Crippen LogP contribution in [0.5, 0.6) is 0 Å². The summed E-state index contributed by atoms with van der Waals surface area (Å²) in [6, 6.07) is 1.87. The normalized spacial score (nSPS) is 31.8. The molecule has 0 aromatic heterocycles. The minimum Gasteiger partial charge on any atom is -0.314 e. The van der Waals surface area contributed by atoms with Crippen molar-refractivity contribution in [3.63, 3.8) is 0 Å². The van der Waals surface area contributed by atoms with Crippen LogP contribution in [0.4, 0.5) is 0 Å². The average molecular weight is 288 g/mol. The second kappa shape index (κ2) is 6.55. The maximum atomic E-state index is 11.6. The number of fused-ring (bicyclic) bond motifs is 2. The van der Waals surface area contributed by atoms with E-state index in [1.165, 1.54) is 32.1 Å². The van der Waals surface area contributed by atoms with Crippen molar-refractivity contribution in [2.24, 2.45) is 0 Å². The fourth-order valence-corrected chi connectivity index (χ4v) is 4.32. The molecule has 2 aliphatic rings. The molecule has 2 saturated heterocycles. The molecular weight excluding hydrogens is 260 g/mol. The van der Waals surface area contributed by atoms with Gasteiger partial charge in [-0.3, -0.25) is 4.90 Å². The van der Waals surface area contributed by atoms with Gasteiger partial charge in [-0.15, -0.1) is 0 Å². The first kappa shape index (κ1) is 15.3. The van der Waals surface area contributed by atoms with Crippen LogP contribution in [0, 0.1) is 0 Å². The van der Waals surface area contributed by atoms with E-state index in [-0.39, 0.29) is 5.75 Å². The summed E-state index contributed by atoms with van der Waals surface area (Å²) in [6.45, 7) is 5.79.